The second-order valence-electron chi connectivity index (χ2n) is 4.30. The number of phenolic OH excluding ortho intramolecular Hbond substituents is 1. The maximum Gasteiger partial charge on any atom is 0.118 e. The van der Waals surface area contributed by atoms with Crippen LogP contribution in [-0.2, 0) is 11.2 Å². The number of hydrogen-bond acceptors (Lipinski definition) is 3. The predicted molar refractivity (Wildman–Crippen MR) is 59.2 cm³/mol. The topological polar surface area (TPSA) is 41.5 Å². The van der Waals surface area contributed by atoms with Crippen molar-refractivity contribution in [1.29, 1.82) is 0 Å². The third kappa shape index (κ3) is 1.98. The lowest BCUT2D eigenvalue weighted by molar-refractivity contribution is -0.0505. The van der Waals surface area contributed by atoms with Gasteiger partial charge in [-0.25, -0.2) is 0 Å². The highest BCUT2D eigenvalue weighted by atomic mass is 16.5. The van der Waals surface area contributed by atoms with Crippen LogP contribution in [0.15, 0.2) is 18.2 Å². The predicted octanol–water partition coefficient (Wildman–Crippen LogP) is 1.23. The summed E-state index contributed by atoms with van der Waals surface area (Å²) in [5, 5.41) is 12.9. The number of benzene rings is 1. The van der Waals surface area contributed by atoms with Gasteiger partial charge in [0, 0.05) is 26.6 Å². The quantitative estimate of drug-likeness (QED) is 0.783. The maximum absolute atomic E-state index is 9.74. The normalized spacial score (nSPS) is 18.5. The lowest BCUT2D eigenvalue weighted by atomic mass is 9.88. The van der Waals surface area contributed by atoms with Gasteiger partial charge in [0.15, 0.2) is 0 Å². The molecule has 0 saturated carbocycles. The van der Waals surface area contributed by atoms with E-state index in [1.807, 2.05) is 19.1 Å². The number of aromatic hydroxyl groups is 1. The van der Waals surface area contributed by atoms with Gasteiger partial charge in [0.25, 0.3) is 0 Å². The molecule has 3 heteroatoms. The van der Waals surface area contributed by atoms with Crippen LogP contribution in [-0.4, -0.2) is 30.9 Å². The van der Waals surface area contributed by atoms with Gasteiger partial charge in [-0.1, -0.05) is 17.7 Å². The number of ether oxygens (including phenoxy) is 1. The number of nitrogens with one attached hydrogen (secondary N) is 1. The summed E-state index contributed by atoms with van der Waals surface area (Å²) < 4.78 is 5.50. The van der Waals surface area contributed by atoms with E-state index in [9.17, 15) is 5.11 Å². The van der Waals surface area contributed by atoms with E-state index in [1.165, 1.54) is 5.56 Å². The van der Waals surface area contributed by atoms with Gasteiger partial charge in [-0.3, -0.25) is 0 Å². The molecule has 3 nitrogen and oxygen atoms in total. The molecule has 1 saturated heterocycles. The minimum absolute atomic E-state index is 0.120. The van der Waals surface area contributed by atoms with Crippen LogP contribution in [0.1, 0.15) is 11.1 Å². The van der Waals surface area contributed by atoms with Crippen molar-refractivity contribution >= 4 is 0 Å². The first-order valence-electron chi connectivity index (χ1n) is 5.20. The molecular weight excluding hydrogens is 190 g/mol. The van der Waals surface area contributed by atoms with Crippen molar-refractivity contribution in [3.05, 3.63) is 29.3 Å². The summed E-state index contributed by atoms with van der Waals surface area (Å²) >= 11 is 0. The van der Waals surface area contributed by atoms with E-state index in [1.54, 1.807) is 13.2 Å². The largest absolute Gasteiger partial charge is 0.508 e. The fourth-order valence-electron chi connectivity index (χ4n) is 1.95. The van der Waals surface area contributed by atoms with Crippen LogP contribution in [0.25, 0.3) is 0 Å². The molecule has 0 aliphatic carbocycles. The molecule has 1 aliphatic rings. The van der Waals surface area contributed by atoms with Crippen molar-refractivity contribution in [2.45, 2.75) is 18.9 Å². The molecule has 1 fully saturated rings. The van der Waals surface area contributed by atoms with E-state index >= 15 is 0 Å². The lowest BCUT2D eigenvalue weighted by Crippen LogP contribution is -2.61. The second-order valence-corrected chi connectivity index (χ2v) is 4.30. The molecule has 15 heavy (non-hydrogen) atoms. The summed E-state index contributed by atoms with van der Waals surface area (Å²) in [5.41, 5.74) is 2.02. The smallest absolute Gasteiger partial charge is 0.118 e. The molecule has 1 aromatic carbocycles. The molecule has 0 spiro atoms. The average molecular weight is 207 g/mol. The zero-order valence-corrected chi connectivity index (χ0v) is 9.21. The summed E-state index contributed by atoms with van der Waals surface area (Å²) in [6, 6.07) is 5.69. The van der Waals surface area contributed by atoms with E-state index in [4.69, 9.17) is 4.74 Å². The molecule has 0 atom stereocenters. The summed E-state index contributed by atoms with van der Waals surface area (Å²) in [6.07, 6.45) is 0.768. The fraction of sp³-hybridized carbons (Fsp3) is 0.500. The van der Waals surface area contributed by atoms with Crippen molar-refractivity contribution in [3.8, 4) is 5.75 Å². The van der Waals surface area contributed by atoms with Crippen LogP contribution >= 0.6 is 0 Å². The number of hydrogen-bond donors (Lipinski definition) is 2. The van der Waals surface area contributed by atoms with Crippen molar-refractivity contribution in [2.24, 2.45) is 0 Å². The summed E-state index contributed by atoms with van der Waals surface area (Å²) in [4.78, 5) is 0. The first-order valence-corrected chi connectivity index (χ1v) is 5.20. The van der Waals surface area contributed by atoms with Crippen LogP contribution in [0, 0.1) is 6.92 Å². The molecular formula is C12H17NO2. The van der Waals surface area contributed by atoms with Crippen LogP contribution in [0.4, 0.5) is 0 Å². The molecule has 2 N–H and O–H groups in total. The molecule has 0 bridgehead atoms. The standard InChI is InChI=1S/C12H17NO2/c1-9-3-4-11(14)10(5-9)6-12(15-2)7-13-8-12/h3-5,13-14H,6-8H2,1-2H3. The Morgan fingerprint density at radius 2 is 2.20 bits per heavy atom. The highest BCUT2D eigenvalue weighted by molar-refractivity contribution is 5.37. The van der Waals surface area contributed by atoms with Crippen molar-refractivity contribution in [2.75, 3.05) is 20.2 Å². The zero-order chi connectivity index (χ0) is 10.9. The minimum Gasteiger partial charge on any atom is -0.508 e. The first kappa shape index (κ1) is 10.5. The molecule has 0 aromatic heterocycles. The number of aryl methyl sites for hydroxylation is 1. The lowest BCUT2D eigenvalue weighted by Gasteiger charge is -2.41. The third-order valence-corrected chi connectivity index (χ3v) is 3.07. The van der Waals surface area contributed by atoms with Gasteiger partial charge in [0.1, 0.15) is 5.75 Å². The Hall–Kier alpha value is -1.06. The SMILES string of the molecule is COC1(Cc2cc(C)ccc2O)CNC1. The third-order valence-electron chi connectivity index (χ3n) is 3.07. The number of rotatable bonds is 3. The van der Waals surface area contributed by atoms with Crippen LogP contribution in [0.5, 0.6) is 5.75 Å². The second kappa shape index (κ2) is 3.83. The monoisotopic (exact) mass is 207 g/mol. The van der Waals surface area contributed by atoms with Gasteiger partial charge in [-0.2, -0.15) is 0 Å². The van der Waals surface area contributed by atoms with Gasteiger partial charge in [0.2, 0.25) is 0 Å². The van der Waals surface area contributed by atoms with Crippen molar-refractivity contribution in [3.63, 3.8) is 0 Å². The number of methoxy groups -OCH3 is 1. The van der Waals surface area contributed by atoms with Gasteiger partial charge in [-0.05, 0) is 18.6 Å². The molecule has 2 rings (SSSR count). The molecule has 0 unspecified atom stereocenters. The summed E-state index contributed by atoms with van der Waals surface area (Å²) in [6.45, 7) is 3.75. The Balaban J connectivity index is 2.19. The number of phenols is 1. The Morgan fingerprint density at radius 1 is 1.47 bits per heavy atom. The highest BCUT2D eigenvalue weighted by Crippen LogP contribution is 2.27. The summed E-state index contributed by atoms with van der Waals surface area (Å²) in [7, 11) is 1.73. The molecule has 82 valence electrons. The van der Waals surface area contributed by atoms with E-state index < -0.39 is 0 Å². The Kier molecular flexibility index (Phi) is 2.67. The van der Waals surface area contributed by atoms with Crippen LogP contribution < -0.4 is 5.32 Å². The van der Waals surface area contributed by atoms with Crippen LogP contribution in [0.3, 0.4) is 0 Å². The molecule has 0 radical (unpaired) electrons. The van der Waals surface area contributed by atoms with Crippen molar-refractivity contribution in [1.82, 2.24) is 5.32 Å². The van der Waals surface area contributed by atoms with Gasteiger partial charge in [0.05, 0.1) is 5.60 Å². The molecule has 0 amide bonds. The fourth-order valence-corrected chi connectivity index (χ4v) is 1.95. The Labute approximate surface area is 90.1 Å². The first-order chi connectivity index (χ1) is 7.15. The van der Waals surface area contributed by atoms with E-state index in [2.05, 4.69) is 5.32 Å². The minimum atomic E-state index is -0.120. The van der Waals surface area contributed by atoms with E-state index in [0.717, 1.165) is 25.1 Å². The van der Waals surface area contributed by atoms with Gasteiger partial charge < -0.3 is 15.2 Å². The van der Waals surface area contributed by atoms with E-state index in [-0.39, 0.29) is 5.60 Å². The zero-order valence-electron chi connectivity index (χ0n) is 9.21. The van der Waals surface area contributed by atoms with Crippen molar-refractivity contribution < 1.29 is 9.84 Å². The van der Waals surface area contributed by atoms with Gasteiger partial charge >= 0.3 is 0 Å². The highest BCUT2D eigenvalue weighted by Gasteiger charge is 2.37. The molecule has 1 aromatic rings. The summed E-state index contributed by atoms with van der Waals surface area (Å²) in [5.74, 6) is 0.365. The van der Waals surface area contributed by atoms with E-state index in [0.29, 0.717) is 5.75 Å². The Bertz CT molecular complexity index is 353. The van der Waals surface area contributed by atoms with Gasteiger partial charge in [-0.15, -0.1) is 0 Å². The van der Waals surface area contributed by atoms with Crippen LogP contribution in [0.2, 0.25) is 0 Å². The average Bonchev–Trinajstić information content (AvgIpc) is 2.17. The maximum atomic E-state index is 9.74. The molecule has 1 aliphatic heterocycles. The molecule has 1 heterocycles. The Morgan fingerprint density at radius 3 is 2.73 bits per heavy atom.